The van der Waals surface area contributed by atoms with Crippen LogP contribution in [0.15, 0.2) is 28.9 Å². The van der Waals surface area contributed by atoms with E-state index in [1.165, 1.54) is 5.56 Å². The predicted molar refractivity (Wildman–Crippen MR) is 71.9 cm³/mol. The summed E-state index contributed by atoms with van der Waals surface area (Å²) in [4.78, 5) is 4.53. The summed E-state index contributed by atoms with van der Waals surface area (Å²) >= 11 is 3.45. The Morgan fingerprint density at radius 3 is 2.71 bits per heavy atom. The van der Waals surface area contributed by atoms with Crippen LogP contribution in [-0.2, 0) is 13.5 Å². The van der Waals surface area contributed by atoms with Gasteiger partial charge in [0.1, 0.15) is 10.4 Å². The first kappa shape index (κ1) is 12.3. The molecule has 3 nitrogen and oxygen atoms in total. The van der Waals surface area contributed by atoms with Gasteiger partial charge in [0.05, 0.1) is 5.69 Å². The summed E-state index contributed by atoms with van der Waals surface area (Å²) in [5.74, 6) is 0.929. The van der Waals surface area contributed by atoms with Crippen molar-refractivity contribution in [2.45, 2.75) is 13.3 Å². The monoisotopic (exact) mass is 294 g/mol. The summed E-state index contributed by atoms with van der Waals surface area (Å²) in [6, 6.07) is 8.17. The molecule has 0 amide bonds. The number of nitrogens with zero attached hydrogens (tertiary/aromatic N) is 2. The summed E-state index contributed by atoms with van der Waals surface area (Å²) in [5.41, 5.74) is 3.34. The van der Waals surface area contributed by atoms with Gasteiger partial charge in [0.2, 0.25) is 0 Å². The average molecular weight is 295 g/mol. The summed E-state index contributed by atoms with van der Waals surface area (Å²) < 4.78 is 2.84. The van der Waals surface area contributed by atoms with E-state index in [2.05, 4.69) is 40.0 Å². The molecule has 17 heavy (non-hydrogen) atoms. The minimum atomic E-state index is 0.130. The number of halogens is 1. The van der Waals surface area contributed by atoms with E-state index in [4.69, 9.17) is 5.11 Å². The summed E-state index contributed by atoms with van der Waals surface area (Å²) in [6.07, 6.45) is 0.607. The first-order valence-corrected chi connectivity index (χ1v) is 6.32. The molecule has 0 aliphatic rings. The number of hydrogen-bond acceptors (Lipinski definition) is 2. The van der Waals surface area contributed by atoms with Gasteiger partial charge in [-0.05, 0) is 28.4 Å². The van der Waals surface area contributed by atoms with E-state index < -0.39 is 0 Å². The van der Waals surface area contributed by atoms with E-state index in [9.17, 15) is 0 Å². The molecule has 90 valence electrons. The van der Waals surface area contributed by atoms with Gasteiger partial charge >= 0.3 is 0 Å². The van der Waals surface area contributed by atoms with E-state index in [1.54, 1.807) is 0 Å². The van der Waals surface area contributed by atoms with Crippen LogP contribution in [0.25, 0.3) is 11.4 Å². The Kier molecular flexibility index (Phi) is 3.64. The Hall–Kier alpha value is -1.13. The van der Waals surface area contributed by atoms with Crippen molar-refractivity contribution in [1.82, 2.24) is 9.55 Å². The van der Waals surface area contributed by atoms with Gasteiger partial charge in [0, 0.05) is 25.6 Å². The highest BCUT2D eigenvalue weighted by atomic mass is 79.9. The fraction of sp³-hybridized carbons (Fsp3) is 0.308. The fourth-order valence-corrected chi connectivity index (χ4v) is 2.57. The maximum Gasteiger partial charge on any atom is 0.141 e. The van der Waals surface area contributed by atoms with Gasteiger partial charge < -0.3 is 9.67 Å². The van der Waals surface area contributed by atoms with Gasteiger partial charge in [-0.25, -0.2) is 4.98 Å². The number of imidazole rings is 1. The average Bonchev–Trinajstić information content (AvgIpc) is 2.58. The van der Waals surface area contributed by atoms with Crippen LogP contribution < -0.4 is 0 Å². The molecule has 1 heterocycles. The van der Waals surface area contributed by atoms with Gasteiger partial charge in [-0.2, -0.15) is 0 Å². The second kappa shape index (κ2) is 5.02. The third kappa shape index (κ3) is 2.28. The van der Waals surface area contributed by atoms with E-state index in [-0.39, 0.29) is 6.61 Å². The van der Waals surface area contributed by atoms with Crippen LogP contribution in [0.4, 0.5) is 0 Å². The molecule has 0 radical (unpaired) electrons. The SMILES string of the molecule is Cc1ccccc1-c1nc(Br)c(CCO)n1C. The smallest absolute Gasteiger partial charge is 0.141 e. The van der Waals surface area contributed by atoms with Crippen molar-refractivity contribution in [3.05, 3.63) is 40.1 Å². The molecule has 2 rings (SSSR count). The Bertz CT molecular complexity index is 534. The zero-order valence-corrected chi connectivity index (χ0v) is 11.5. The van der Waals surface area contributed by atoms with Crippen LogP contribution in [0.5, 0.6) is 0 Å². The van der Waals surface area contributed by atoms with Gasteiger partial charge in [-0.3, -0.25) is 0 Å². The maximum absolute atomic E-state index is 9.04. The van der Waals surface area contributed by atoms with Gasteiger partial charge in [0.15, 0.2) is 0 Å². The normalized spacial score (nSPS) is 10.8. The lowest BCUT2D eigenvalue weighted by atomic mass is 10.1. The summed E-state index contributed by atoms with van der Waals surface area (Å²) in [7, 11) is 1.98. The lowest BCUT2D eigenvalue weighted by molar-refractivity contribution is 0.296. The van der Waals surface area contributed by atoms with E-state index in [1.807, 2.05) is 23.7 Å². The maximum atomic E-state index is 9.04. The number of benzene rings is 1. The van der Waals surface area contributed by atoms with Crippen molar-refractivity contribution >= 4 is 15.9 Å². The molecule has 0 unspecified atom stereocenters. The van der Waals surface area contributed by atoms with Crippen molar-refractivity contribution in [2.24, 2.45) is 7.05 Å². The Morgan fingerprint density at radius 1 is 1.35 bits per heavy atom. The van der Waals surface area contributed by atoms with Crippen molar-refractivity contribution in [2.75, 3.05) is 6.61 Å². The molecular formula is C13H15BrN2O. The molecule has 4 heteroatoms. The van der Waals surface area contributed by atoms with Crippen molar-refractivity contribution in [3.8, 4) is 11.4 Å². The minimum absolute atomic E-state index is 0.130. The molecule has 0 aliphatic heterocycles. The second-order valence-electron chi connectivity index (χ2n) is 4.02. The second-order valence-corrected chi connectivity index (χ2v) is 4.77. The lowest BCUT2D eigenvalue weighted by Crippen LogP contribution is -2.02. The molecule has 2 aromatic rings. The van der Waals surface area contributed by atoms with Crippen LogP contribution >= 0.6 is 15.9 Å². The van der Waals surface area contributed by atoms with Crippen LogP contribution in [0.2, 0.25) is 0 Å². The molecule has 0 aliphatic carbocycles. The molecule has 0 atom stereocenters. The quantitative estimate of drug-likeness (QED) is 0.945. The Balaban J connectivity index is 2.54. The van der Waals surface area contributed by atoms with Crippen LogP contribution in [-0.4, -0.2) is 21.3 Å². The summed E-state index contributed by atoms with van der Waals surface area (Å²) in [5, 5.41) is 9.04. The predicted octanol–water partition coefficient (Wildman–Crippen LogP) is 2.69. The standard InChI is InChI=1S/C13H15BrN2O/c1-9-5-3-4-6-10(9)13-15-12(14)11(7-8-17)16(13)2/h3-6,17H,7-8H2,1-2H3. The number of hydrogen-bond donors (Lipinski definition) is 1. The largest absolute Gasteiger partial charge is 0.396 e. The van der Waals surface area contributed by atoms with Gasteiger partial charge in [0.25, 0.3) is 0 Å². The molecular weight excluding hydrogens is 280 g/mol. The number of aryl methyl sites for hydroxylation is 1. The highest BCUT2D eigenvalue weighted by Gasteiger charge is 2.14. The summed E-state index contributed by atoms with van der Waals surface area (Å²) in [6.45, 7) is 2.20. The van der Waals surface area contributed by atoms with Crippen molar-refractivity contribution in [1.29, 1.82) is 0 Å². The molecule has 1 aromatic carbocycles. The third-order valence-corrected chi connectivity index (χ3v) is 3.53. The first-order valence-electron chi connectivity index (χ1n) is 5.53. The number of aliphatic hydroxyl groups excluding tert-OH is 1. The van der Waals surface area contributed by atoms with Crippen molar-refractivity contribution < 1.29 is 5.11 Å². The highest BCUT2D eigenvalue weighted by Crippen LogP contribution is 2.27. The van der Waals surface area contributed by atoms with Gasteiger partial charge in [-0.15, -0.1) is 0 Å². The highest BCUT2D eigenvalue weighted by molar-refractivity contribution is 9.10. The minimum Gasteiger partial charge on any atom is -0.396 e. The van der Waals surface area contributed by atoms with E-state index in [0.717, 1.165) is 21.7 Å². The van der Waals surface area contributed by atoms with Crippen LogP contribution in [0.1, 0.15) is 11.3 Å². The van der Waals surface area contributed by atoms with Gasteiger partial charge in [-0.1, -0.05) is 24.3 Å². The molecule has 1 aromatic heterocycles. The number of aliphatic hydroxyl groups is 1. The number of rotatable bonds is 3. The van der Waals surface area contributed by atoms with Crippen molar-refractivity contribution in [3.63, 3.8) is 0 Å². The Morgan fingerprint density at radius 2 is 2.06 bits per heavy atom. The zero-order valence-electron chi connectivity index (χ0n) is 9.94. The zero-order chi connectivity index (χ0) is 12.4. The third-order valence-electron chi connectivity index (χ3n) is 2.90. The number of aromatic nitrogens is 2. The fourth-order valence-electron chi connectivity index (χ4n) is 1.94. The van der Waals surface area contributed by atoms with E-state index in [0.29, 0.717) is 6.42 Å². The molecule has 1 N–H and O–H groups in total. The van der Waals surface area contributed by atoms with Crippen LogP contribution in [0, 0.1) is 6.92 Å². The Labute approximate surface area is 109 Å². The van der Waals surface area contributed by atoms with Crippen LogP contribution in [0.3, 0.4) is 0 Å². The molecule has 0 saturated carbocycles. The molecule has 0 bridgehead atoms. The molecule has 0 fully saturated rings. The first-order chi connectivity index (χ1) is 8.15. The molecule has 0 spiro atoms. The van der Waals surface area contributed by atoms with E-state index >= 15 is 0 Å². The lowest BCUT2D eigenvalue weighted by Gasteiger charge is -2.07. The topological polar surface area (TPSA) is 38.1 Å². The molecule has 0 saturated heterocycles.